The highest BCUT2D eigenvalue weighted by Crippen LogP contribution is 2.49. The van der Waals surface area contributed by atoms with E-state index >= 15 is 0 Å². The predicted molar refractivity (Wildman–Crippen MR) is 106 cm³/mol. The highest BCUT2D eigenvalue weighted by Gasteiger charge is 2.51. The Morgan fingerprint density at radius 1 is 1.21 bits per heavy atom. The van der Waals surface area contributed by atoms with Crippen molar-refractivity contribution in [2.45, 2.75) is 18.8 Å². The zero-order valence-corrected chi connectivity index (χ0v) is 15.9. The number of aromatic nitrogens is 1. The molecule has 2 atom stereocenters. The molecule has 2 aromatic rings. The number of hydrogen-bond donors (Lipinski definition) is 1. The summed E-state index contributed by atoms with van der Waals surface area (Å²) in [5.74, 6) is 2.03. The third-order valence-electron chi connectivity index (χ3n) is 6.48. The van der Waals surface area contributed by atoms with Crippen molar-refractivity contribution < 1.29 is 14.6 Å². The van der Waals surface area contributed by atoms with E-state index in [-0.39, 0.29) is 23.8 Å². The van der Waals surface area contributed by atoms with Crippen LogP contribution in [0.15, 0.2) is 42.6 Å². The van der Waals surface area contributed by atoms with Crippen LogP contribution < -0.4 is 9.64 Å². The van der Waals surface area contributed by atoms with Crippen LogP contribution in [0.1, 0.15) is 34.7 Å². The lowest BCUT2D eigenvalue weighted by Gasteiger charge is -2.37. The molecule has 2 fully saturated rings. The topological polar surface area (TPSA) is 65.9 Å². The van der Waals surface area contributed by atoms with Gasteiger partial charge in [0.15, 0.2) is 0 Å². The lowest BCUT2D eigenvalue weighted by Crippen LogP contribution is -2.42. The van der Waals surface area contributed by atoms with E-state index < -0.39 is 0 Å². The van der Waals surface area contributed by atoms with Crippen LogP contribution in [0.2, 0.25) is 0 Å². The Bertz CT molecular complexity index is 879. The molecule has 0 spiro atoms. The van der Waals surface area contributed by atoms with E-state index in [1.165, 1.54) is 0 Å². The monoisotopic (exact) mass is 379 g/mol. The molecule has 0 saturated carbocycles. The first-order chi connectivity index (χ1) is 13.7. The number of pyridine rings is 1. The third kappa shape index (κ3) is 2.75. The Morgan fingerprint density at radius 2 is 2.04 bits per heavy atom. The van der Waals surface area contributed by atoms with Crippen molar-refractivity contribution in [2.24, 2.45) is 5.41 Å². The minimum absolute atomic E-state index is 0.0702. The molecule has 3 aliphatic heterocycles. The van der Waals surface area contributed by atoms with E-state index in [4.69, 9.17) is 4.74 Å². The minimum Gasteiger partial charge on any atom is -0.493 e. The molecule has 0 aliphatic carbocycles. The number of rotatable bonds is 3. The maximum absolute atomic E-state index is 12.5. The van der Waals surface area contributed by atoms with Crippen molar-refractivity contribution in [1.29, 1.82) is 0 Å². The molecule has 2 saturated heterocycles. The summed E-state index contributed by atoms with van der Waals surface area (Å²) in [7, 11) is 0. The fourth-order valence-corrected chi connectivity index (χ4v) is 4.85. The van der Waals surface area contributed by atoms with E-state index in [9.17, 15) is 9.90 Å². The third-order valence-corrected chi connectivity index (χ3v) is 6.48. The summed E-state index contributed by atoms with van der Waals surface area (Å²) in [5.41, 5.74) is 1.49. The largest absolute Gasteiger partial charge is 0.493 e. The number of ether oxygens (including phenoxy) is 1. The molecular weight excluding hydrogens is 354 g/mol. The zero-order chi connectivity index (χ0) is 19.1. The molecular formula is C22H25N3O3. The highest BCUT2D eigenvalue weighted by molar-refractivity contribution is 5.94. The number of para-hydroxylation sites is 1. The van der Waals surface area contributed by atoms with Crippen molar-refractivity contribution in [3.8, 4) is 5.75 Å². The summed E-state index contributed by atoms with van der Waals surface area (Å²) in [4.78, 5) is 21.2. The predicted octanol–water partition coefficient (Wildman–Crippen LogP) is 2.29. The molecule has 0 unspecified atom stereocenters. The Hall–Kier alpha value is -2.60. The van der Waals surface area contributed by atoms with Gasteiger partial charge in [-0.05, 0) is 36.6 Å². The average Bonchev–Trinajstić information content (AvgIpc) is 3.42. The lowest BCUT2D eigenvalue weighted by molar-refractivity contribution is 0.0535. The zero-order valence-electron chi connectivity index (χ0n) is 15.9. The number of aliphatic hydroxyl groups is 1. The van der Waals surface area contributed by atoms with Crippen molar-refractivity contribution in [1.82, 2.24) is 9.88 Å². The molecule has 6 nitrogen and oxygen atoms in total. The smallest absolute Gasteiger partial charge is 0.255 e. The normalized spacial score (nSPS) is 26.0. The molecule has 1 aromatic heterocycles. The number of nitrogens with zero attached hydrogens (tertiary/aromatic N) is 3. The van der Waals surface area contributed by atoms with Crippen molar-refractivity contribution >= 4 is 11.7 Å². The summed E-state index contributed by atoms with van der Waals surface area (Å²) in [5, 5.41) is 10.2. The van der Waals surface area contributed by atoms with E-state index in [1.807, 2.05) is 35.2 Å². The van der Waals surface area contributed by atoms with Gasteiger partial charge in [0.1, 0.15) is 11.6 Å². The molecule has 28 heavy (non-hydrogen) atoms. The second-order valence-electron chi connectivity index (χ2n) is 8.18. The Balaban J connectivity index is 1.38. The summed E-state index contributed by atoms with van der Waals surface area (Å²) >= 11 is 0. The van der Waals surface area contributed by atoms with E-state index in [2.05, 4.69) is 16.0 Å². The molecule has 6 heteroatoms. The van der Waals surface area contributed by atoms with E-state index in [0.717, 1.165) is 49.6 Å². The number of amides is 1. The maximum Gasteiger partial charge on any atom is 0.255 e. The minimum atomic E-state index is -0.319. The molecule has 3 aliphatic rings. The van der Waals surface area contributed by atoms with Crippen molar-refractivity contribution in [2.75, 3.05) is 44.3 Å². The van der Waals surface area contributed by atoms with Crippen LogP contribution in [0.3, 0.4) is 0 Å². The Labute approximate surface area is 164 Å². The molecule has 0 radical (unpaired) electrons. The van der Waals surface area contributed by atoms with Crippen LogP contribution in [-0.2, 0) is 0 Å². The summed E-state index contributed by atoms with van der Waals surface area (Å²) < 4.78 is 5.97. The first-order valence-corrected chi connectivity index (χ1v) is 10.0. The summed E-state index contributed by atoms with van der Waals surface area (Å²) in [6, 6.07) is 11.9. The van der Waals surface area contributed by atoms with Gasteiger partial charge >= 0.3 is 0 Å². The van der Waals surface area contributed by atoms with Gasteiger partial charge in [-0.3, -0.25) is 4.79 Å². The van der Waals surface area contributed by atoms with Gasteiger partial charge in [-0.25, -0.2) is 4.98 Å². The summed E-state index contributed by atoms with van der Waals surface area (Å²) in [6.45, 7) is 3.74. The SMILES string of the molecule is O=C(c1ccc(N2C[C@@H]3c4ccccc4OC[C@]3(CO)C2)nc1)N1CCCC1. The van der Waals surface area contributed by atoms with E-state index in [1.54, 1.807) is 6.20 Å². The fraction of sp³-hybridized carbons (Fsp3) is 0.455. The number of carbonyl (C=O) groups is 1. The van der Waals surface area contributed by atoms with Gasteiger partial charge in [0.05, 0.1) is 24.2 Å². The van der Waals surface area contributed by atoms with Gasteiger partial charge in [-0.15, -0.1) is 0 Å². The fourth-order valence-electron chi connectivity index (χ4n) is 4.85. The number of hydrogen-bond acceptors (Lipinski definition) is 5. The van der Waals surface area contributed by atoms with Gasteiger partial charge in [0.2, 0.25) is 0 Å². The maximum atomic E-state index is 12.5. The standard InChI is InChI=1S/C22H25N3O3/c26-14-22-13-25(12-18(22)17-5-1-2-6-19(17)28-15-22)20-8-7-16(11-23-20)21(27)24-9-3-4-10-24/h1-2,5-8,11,18,26H,3-4,9-10,12-15H2/t18-,22-/m1/s1. The molecule has 4 heterocycles. The van der Waals surface area contributed by atoms with Gasteiger partial charge in [0.25, 0.3) is 5.91 Å². The molecule has 0 bridgehead atoms. The first-order valence-electron chi connectivity index (χ1n) is 10.0. The van der Waals surface area contributed by atoms with Gasteiger partial charge in [-0.2, -0.15) is 0 Å². The second kappa shape index (κ2) is 6.78. The quantitative estimate of drug-likeness (QED) is 0.886. The Morgan fingerprint density at radius 3 is 2.79 bits per heavy atom. The first kappa shape index (κ1) is 17.5. The van der Waals surface area contributed by atoms with Crippen LogP contribution >= 0.6 is 0 Å². The molecule has 1 aromatic carbocycles. The number of aliphatic hydroxyl groups excluding tert-OH is 1. The van der Waals surface area contributed by atoms with E-state index in [0.29, 0.717) is 18.7 Å². The molecule has 5 rings (SSSR count). The Kier molecular flexibility index (Phi) is 4.23. The number of carbonyl (C=O) groups excluding carboxylic acids is 1. The van der Waals surface area contributed by atoms with Crippen LogP contribution in [0, 0.1) is 5.41 Å². The number of fused-ring (bicyclic) bond motifs is 3. The van der Waals surface area contributed by atoms with Crippen LogP contribution in [0.25, 0.3) is 0 Å². The van der Waals surface area contributed by atoms with Gasteiger partial charge in [0, 0.05) is 38.3 Å². The number of likely N-dealkylation sites (tertiary alicyclic amines) is 1. The van der Waals surface area contributed by atoms with Crippen molar-refractivity contribution in [3.63, 3.8) is 0 Å². The highest BCUT2D eigenvalue weighted by atomic mass is 16.5. The summed E-state index contributed by atoms with van der Waals surface area (Å²) in [6.07, 6.45) is 3.85. The van der Waals surface area contributed by atoms with Crippen molar-refractivity contribution in [3.05, 3.63) is 53.7 Å². The van der Waals surface area contributed by atoms with Crippen LogP contribution in [0.5, 0.6) is 5.75 Å². The second-order valence-corrected chi connectivity index (χ2v) is 8.18. The average molecular weight is 379 g/mol. The number of benzene rings is 1. The van der Waals surface area contributed by atoms with Crippen LogP contribution in [0.4, 0.5) is 5.82 Å². The lowest BCUT2D eigenvalue weighted by atomic mass is 9.74. The van der Waals surface area contributed by atoms with Gasteiger partial charge < -0.3 is 19.6 Å². The molecule has 1 amide bonds. The molecule has 146 valence electrons. The van der Waals surface area contributed by atoms with Gasteiger partial charge in [-0.1, -0.05) is 18.2 Å². The number of anilines is 1. The molecule has 1 N–H and O–H groups in total. The van der Waals surface area contributed by atoms with Crippen LogP contribution in [-0.4, -0.2) is 60.3 Å².